The van der Waals surface area contributed by atoms with Gasteiger partial charge in [-0.05, 0) is 35.0 Å². The Bertz CT molecular complexity index is 468. The number of hydrogen-bond donors (Lipinski definition) is 1. The average Bonchev–Trinajstić information content (AvgIpc) is 2.09. The fourth-order valence-corrected chi connectivity index (χ4v) is 1.54. The van der Waals surface area contributed by atoms with Crippen molar-refractivity contribution in [3.63, 3.8) is 0 Å². The van der Waals surface area contributed by atoms with Gasteiger partial charge in [-0.25, -0.2) is 4.98 Å². The molecule has 13 heavy (non-hydrogen) atoms. The predicted molar refractivity (Wildman–Crippen MR) is 56.4 cm³/mol. The van der Waals surface area contributed by atoms with E-state index in [2.05, 4.69) is 25.9 Å². The van der Waals surface area contributed by atoms with Gasteiger partial charge < -0.3 is 5.73 Å². The van der Waals surface area contributed by atoms with E-state index in [-0.39, 0.29) is 0 Å². The fraction of sp³-hybridized carbons (Fsp3) is 0.111. The van der Waals surface area contributed by atoms with Crippen molar-refractivity contribution < 1.29 is 0 Å². The van der Waals surface area contributed by atoms with Crippen molar-refractivity contribution in [2.24, 2.45) is 0 Å². The van der Waals surface area contributed by atoms with Gasteiger partial charge in [0.05, 0.1) is 9.99 Å². The number of fused-ring (bicyclic) bond motifs is 1. The van der Waals surface area contributed by atoms with Crippen LogP contribution in [0.15, 0.2) is 22.8 Å². The van der Waals surface area contributed by atoms with Crippen LogP contribution in [0.25, 0.3) is 10.9 Å². The molecule has 0 fully saturated rings. The summed E-state index contributed by atoms with van der Waals surface area (Å²) >= 11 is 3.34. The third kappa shape index (κ3) is 1.37. The molecule has 0 aliphatic carbocycles. The number of aryl methyl sites for hydroxylation is 1. The standard InChI is InChI=1S/C9H8BrN3/c1-5-6-4-7(10)9(11)13-8(6)2-3-12-5/h2-4H,1H3,(H2,11,13). The minimum Gasteiger partial charge on any atom is -0.383 e. The van der Waals surface area contributed by atoms with E-state index >= 15 is 0 Å². The van der Waals surface area contributed by atoms with Crippen LogP contribution in [-0.4, -0.2) is 9.97 Å². The van der Waals surface area contributed by atoms with Crippen molar-refractivity contribution >= 4 is 32.7 Å². The van der Waals surface area contributed by atoms with E-state index in [1.807, 2.05) is 19.1 Å². The quantitative estimate of drug-likeness (QED) is 0.765. The fourth-order valence-electron chi connectivity index (χ4n) is 1.22. The summed E-state index contributed by atoms with van der Waals surface area (Å²) in [5, 5.41) is 1.03. The number of anilines is 1. The van der Waals surface area contributed by atoms with E-state index < -0.39 is 0 Å². The number of aromatic nitrogens is 2. The SMILES string of the molecule is Cc1nccc2nc(N)c(Br)cc12. The van der Waals surface area contributed by atoms with Crippen LogP contribution in [0.4, 0.5) is 5.82 Å². The minimum atomic E-state index is 0.512. The van der Waals surface area contributed by atoms with Gasteiger partial charge in [-0.1, -0.05) is 0 Å². The van der Waals surface area contributed by atoms with Crippen LogP contribution in [0.2, 0.25) is 0 Å². The molecule has 4 heteroatoms. The van der Waals surface area contributed by atoms with E-state index in [9.17, 15) is 0 Å². The van der Waals surface area contributed by atoms with Gasteiger partial charge in [0.2, 0.25) is 0 Å². The summed E-state index contributed by atoms with van der Waals surface area (Å²) in [7, 11) is 0. The average molecular weight is 238 g/mol. The van der Waals surface area contributed by atoms with Gasteiger partial charge in [-0.2, -0.15) is 0 Å². The van der Waals surface area contributed by atoms with Crippen molar-refractivity contribution in [2.75, 3.05) is 5.73 Å². The highest BCUT2D eigenvalue weighted by Crippen LogP contribution is 2.23. The van der Waals surface area contributed by atoms with Gasteiger partial charge in [0.15, 0.2) is 0 Å². The molecule has 2 rings (SSSR count). The Kier molecular flexibility index (Phi) is 1.92. The third-order valence-electron chi connectivity index (χ3n) is 1.92. The minimum absolute atomic E-state index is 0.512. The molecule has 0 aliphatic rings. The van der Waals surface area contributed by atoms with E-state index in [1.165, 1.54) is 0 Å². The lowest BCUT2D eigenvalue weighted by molar-refractivity contribution is 1.22. The summed E-state index contributed by atoms with van der Waals surface area (Å²) in [4.78, 5) is 8.40. The number of pyridine rings is 2. The Labute approximate surface area is 84.1 Å². The highest BCUT2D eigenvalue weighted by Gasteiger charge is 2.03. The highest BCUT2D eigenvalue weighted by molar-refractivity contribution is 9.10. The maximum Gasteiger partial charge on any atom is 0.138 e. The molecule has 0 aromatic carbocycles. The summed E-state index contributed by atoms with van der Waals surface area (Å²) in [6, 6.07) is 3.80. The Morgan fingerprint density at radius 3 is 3.00 bits per heavy atom. The maximum absolute atomic E-state index is 5.66. The van der Waals surface area contributed by atoms with Gasteiger partial charge in [-0.15, -0.1) is 0 Å². The lowest BCUT2D eigenvalue weighted by Gasteiger charge is -2.02. The highest BCUT2D eigenvalue weighted by atomic mass is 79.9. The zero-order chi connectivity index (χ0) is 9.42. The zero-order valence-electron chi connectivity index (χ0n) is 7.08. The molecule has 0 bridgehead atoms. The number of nitrogen functional groups attached to an aromatic ring is 1. The summed E-state index contributed by atoms with van der Waals surface area (Å²) in [5.74, 6) is 0.512. The first kappa shape index (κ1) is 8.44. The molecule has 2 aromatic rings. The van der Waals surface area contributed by atoms with E-state index in [1.54, 1.807) is 6.20 Å². The van der Waals surface area contributed by atoms with Crippen molar-refractivity contribution in [3.05, 3.63) is 28.5 Å². The molecule has 0 radical (unpaired) electrons. The predicted octanol–water partition coefficient (Wildman–Crippen LogP) is 2.28. The van der Waals surface area contributed by atoms with Crippen LogP contribution in [0.1, 0.15) is 5.69 Å². The van der Waals surface area contributed by atoms with Crippen LogP contribution >= 0.6 is 15.9 Å². The smallest absolute Gasteiger partial charge is 0.138 e. The molecule has 0 saturated carbocycles. The summed E-state index contributed by atoms with van der Waals surface area (Å²) in [5.41, 5.74) is 7.50. The molecule has 66 valence electrons. The Balaban J connectivity index is 2.89. The zero-order valence-corrected chi connectivity index (χ0v) is 8.67. The maximum atomic E-state index is 5.66. The second-order valence-corrected chi connectivity index (χ2v) is 3.67. The number of halogens is 1. The number of rotatable bonds is 0. The molecule has 0 spiro atoms. The van der Waals surface area contributed by atoms with Crippen LogP contribution in [0.3, 0.4) is 0 Å². The molecule has 0 unspecified atom stereocenters. The molecular weight excluding hydrogens is 230 g/mol. The molecule has 2 heterocycles. The molecule has 2 aromatic heterocycles. The molecule has 0 saturated heterocycles. The third-order valence-corrected chi connectivity index (χ3v) is 2.56. The van der Waals surface area contributed by atoms with Gasteiger partial charge in [0, 0.05) is 17.3 Å². The van der Waals surface area contributed by atoms with Crippen molar-refractivity contribution in [2.45, 2.75) is 6.92 Å². The topological polar surface area (TPSA) is 51.8 Å². The second kappa shape index (κ2) is 2.96. The Hall–Kier alpha value is -1.16. The first-order valence-electron chi connectivity index (χ1n) is 3.86. The summed E-state index contributed by atoms with van der Waals surface area (Å²) < 4.78 is 0.816. The van der Waals surface area contributed by atoms with Crippen LogP contribution in [0, 0.1) is 6.92 Å². The largest absolute Gasteiger partial charge is 0.383 e. The normalized spacial score (nSPS) is 10.6. The molecular formula is C9H8BrN3. The van der Waals surface area contributed by atoms with E-state index in [0.717, 1.165) is 21.1 Å². The summed E-state index contributed by atoms with van der Waals surface area (Å²) in [6.07, 6.45) is 1.73. The summed E-state index contributed by atoms with van der Waals surface area (Å²) in [6.45, 7) is 1.95. The van der Waals surface area contributed by atoms with Crippen LogP contribution in [-0.2, 0) is 0 Å². The molecule has 0 aliphatic heterocycles. The molecule has 2 N–H and O–H groups in total. The van der Waals surface area contributed by atoms with Gasteiger partial charge in [0.25, 0.3) is 0 Å². The Morgan fingerprint density at radius 1 is 1.46 bits per heavy atom. The van der Waals surface area contributed by atoms with Crippen molar-refractivity contribution in [1.82, 2.24) is 9.97 Å². The van der Waals surface area contributed by atoms with Gasteiger partial charge in [-0.3, -0.25) is 4.98 Å². The van der Waals surface area contributed by atoms with Crippen molar-refractivity contribution in [3.8, 4) is 0 Å². The van der Waals surface area contributed by atoms with E-state index in [0.29, 0.717) is 5.82 Å². The van der Waals surface area contributed by atoms with Gasteiger partial charge in [0.1, 0.15) is 5.82 Å². The lowest BCUT2D eigenvalue weighted by atomic mass is 10.2. The van der Waals surface area contributed by atoms with E-state index in [4.69, 9.17) is 5.73 Å². The Morgan fingerprint density at radius 2 is 2.23 bits per heavy atom. The lowest BCUT2D eigenvalue weighted by Crippen LogP contribution is -1.93. The number of nitrogens with two attached hydrogens (primary N) is 1. The molecule has 0 atom stereocenters. The first-order chi connectivity index (χ1) is 6.18. The monoisotopic (exact) mass is 237 g/mol. The van der Waals surface area contributed by atoms with Crippen LogP contribution in [0.5, 0.6) is 0 Å². The molecule has 0 amide bonds. The van der Waals surface area contributed by atoms with Crippen LogP contribution < -0.4 is 5.73 Å². The second-order valence-electron chi connectivity index (χ2n) is 2.82. The van der Waals surface area contributed by atoms with Gasteiger partial charge >= 0.3 is 0 Å². The number of nitrogens with zero attached hydrogens (tertiary/aromatic N) is 2. The molecule has 3 nitrogen and oxygen atoms in total. The van der Waals surface area contributed by atoms with Crippen molar-refractivity contribution in [1.29, 1.82) is 0 Å². The first-order valence-corrected chi connectivity index (χ1v) is 4.65. The number of hydrogen-bond acceptors (Lipinski definition) is 3.